The van der Waals surface area contributed by atoms with Gasteiger partial charge in [-0.25, -0.2) is 0 Å². The molecule has 2 N–H and O–H groups in total. The van der Waals surface area contributed by atoms with E-state index in [0.29, 0.717) is 0 Å². The molecule has 19 heavy (non-hydrogen) atoms. The lowest BCUT2D eigenvalue weighted by atomic mass is 10.1. The van der Waals surface area contributed by atoms with Crippen LogP contribution in [0.2, 0.25) is 0 Å². The van der Waals surface area contributed by atoms with Gasteiger partial charge in [0.05, 0.1) is 0 Å². The zero-order chi connectivity index (χ0) is 13.3. The number of benzene rings is 1. The van der Waals surface area contributed by atoms with Crippen molar-refractivity contribution in [3.8, 4) is 0 Å². The van der Waals surface area contributed by atoms with Gasteiger partial charge >= 0.3 is 0 Å². The molecule has 0 amide bonds. The minimum Gasteiger partial charge on any atom is -0.314 e. The highest BCUT2D eigenvalue weighted by Gasteiger charge is 2.19. The topological polar surface area (TPSA) is 24.1 Å². The number of aryl methyl sites for hydroxylation is 1. The molecule has 0 spiro atoms. The molecule has 2 heteroatoms. The molecule has 0 unspecified atom stereocenters. The summed E-state index contributed by atoms with van der Waals surface area (Å²) in [6, 6.07) is 9.96. The van der Waals surface area contributed by atoms with E-state index in [4.69, 9.17) is 0 Å². The Kier molecular flexibility index (Phi) is 6.38. The molecule has 0 bridgehead atoms. The maximum Gasteiger partial charge on any atom is 0.0205 e. The van der Waals surface area contributed by atoms with Gasteiger partial charge in [0.2, 0.25) is 0 Å². The summed E-state index contributed by atoms with van der Waals surface area (Å²) in [6.07, 6.45) is 7.81. The predicted octanol–water partition coefficient (Wildman–Crippen LogP) is 3.26. The monoisotopic (exact) mass is 260 g/mol. The molecule has 0 radical (unpaired) electrons. The summed E-state index contributed by atoms with van der Waals surface area (Å²) in [7, 11) is 0. The first-order valence-electron chi connectivity index (χ1n) is 7.90. The van der Waals surface area contributed by atoms with Crippen LogP contribution in [0.15, 0.2) is 24.3 Å². The molecule has 1 aromatic rings. The molecule has 2 rings (SSSR count). The molecular formula is C17H28N2. The maximum atomic E-state index is 3.57. The molecule has 0 saturated heterocycles. The second-order valence-electron chi connectivity index (χ2n) is 5.68. The Hall–Kier alpha value is -0.860. The van der Waals surface area contributed by atoms with E-state index < -0.39 is 0 Å². The van der Waals surface area contributed by atoms with E-state index in [-0.39, 0.29) is 0 Å². The van der Waals surface area contributed by atoms with Gasteiger partial charge in [-0.2, -0.15) is 0 Å². The molecule has 1 fully saturated rings. The van der Waals surface area contributed by atoms with Crippen LogP contribution in [0.4, 0.5) is 0 Å². The van der Waals surface area contributed by atoms with Crippen molar-refractivity contribution in [2.45, 2.75) is 58.0 Å². The predicted molar refractivity (Wildman–Crippen MR) is 82.4 cm³/mol. The van der Waals surface area contributed by atoms with Crippen molar-refractivity contribution in [1.82, 2.24) is 10.6 Å². The molecule has 0 aliphatic heterocycles. The zero-order valence-electron chi connectivity index (χ0n) is 12.3. The van der Waals surface area contributed by atoms with Crippen LogP contribution in [0, 0.1) is 0 Å². The van der Waals surface area contributed by atoms with Crippen LogP contribution in [-0.4, -0.2) is 19.1 Å². The molecule has 2 nitrogen and oxygen atoms in total. The third kappa shape index (κ3) is 6.22. The van der Waals surface area contributed by atoms with E-state index in [2.05, 4.69) is 41.8 Å². The first-order chi connectivity index (χ1) is 9.38. The van der Waals surface area contributed by atoms with Gasteiger partial charge < -0.3 is 10.6 Å². The van der Waals surface area contributed by atoms with Gasteiger partial charge in [-0.3, -0.25) is 0 Å². The lowest BCUT2D eigenvalue weighted by molar-refractivity contribution is 0.619. The number of hydrogen-bond acceptors (Lipinski definition) is 2. The van der Waals surface area contributed by atoms with Gasteiger partial charge in [0.15, 0.2) is 0 Å². The van der Waals surface area contributed by atoms with Crippen LogP contribution >= 0.6 is 0 Å². The van der Waals surface area contributed by atoms with Crippen molar-refractivity contribution >= 4 is 0 Å². The largest absolute Gasteiger partial charge is 0.314 e. The Morgan fingerprint density at radius 2 is 1.74 bits per heavy atom. The molecule has 1 aromatic carbocycles. The number of unbranched alkanes of at least 4 members (excludes halogenated alkanes) is 1. The van der Waals surface area contributed by atoms with Crippen LogP contribution in [0.5, 0.6) is 0 Å². The normalized spacial score (nSPS) is 14.8. The van der Waals surface area contributed by atoms with Crippen molar-refractivity contribution in [3.63, 3.8) is 0 Å². The lowest BCUT2D eigenvalue weighted by Gasteiger charge is -2.06. The second kappa shape index (κ2) is 8.34. The Labute approximate surface area is 118 Å². The van der Waals surface area contributed by atoms with Crippen molar-refractivity contribution in [2.75, 3.05) is 13.1 Å². The first-order valence-corrected chi connectivity index (χ1v) is 7.90. The average Bonchev–Trinajstić information content (AvgIpc) is 3.25. The molecule has 1 aliphatic carbocycles. The zero-order valence-corrected chi connectivity index (χ0v) is 12.3. The van der Waals surface area contributed by atoms with Gasteiger partial charge in [0.25, 0.3) is 0 Å². The molecule has 1 saturated carbocycles. The van der Waals surface area contributed by atoms with Crippen LogP contribution in [-0.2, 0) is 13.0 Å². The summed E-state index contributed by atoms with van der Waals surface area (Å²) in [6.45, 7) is 5.51. The summed E-state index contributed by atoms with van der Waals surface area (Å²) >= 11 is 0. The fourth-order valence-electron chi connectivity index (χ4n) is 2.28. The minimum absolute atomic E-state index is 0.856. The highest BCUT2D eigenvalue weighted by Crippen LogP contribution is 2.18. The maximum absolute atomic E-state index is 3.57. The Morgan fingerprint density at radius 3 is 2.42 bits per heavy atom. The average molecular weight is 260 g/mol. The number of rotatable bonds is 10. The summed E-state index contributed by atoms with van der Waals surface area (Å²) in [5, 5.41) is 7.01. The Morgan fingerprint density at radius 1 is 1.00 bits per heavy atom. The summed E-state index contributed by atoms with van der Waals surface area (Å²) in [5.41, 5.74) is 2.87. The van der Waals surface area contributed by atoms with Crippen molar-refractivity contribution in [3.05, 3.63) is 35.4 Å². The molecule has 0 aromatic heterocycles. The van der Waals surface area contributed by atoms with Gasteiger partial charge in [0.1, 0.15) is 0 Å². The fraction of sp³-hybridized carbons (Fsp3) is 0.647. The van der Waals surface area contributed by atoms with E-state index in [0.717, 1.165) is 19.1 Å². The third-order valence-corrected chi connectivity index (χ3v) is 3.68. The highest BCUT2D eigenvalue weighted by molar-refractivity contribution is 5.22. The van der Waals surface area contributed by atoms with Crippen molar-refractivity contribution in [2.24, 2.45) is 0 Å². The van der Waals surface area contributed by atoms with Gasteiger partial charge in [-0.15, -0.1) is 0 Å². The van der Waals surface area contributed by atoms with E-state index in [9.17, 15) is 0 Å². The fourth-order valence-corrected chi connectivity index (χ4v) is 2.28. The van der Waals surface area contributed by atoms with Gasteiger partial charge in [-0.05, 0) is 62.7 Å². The SMILES string of the molecule is CCCNCc1ccc(CCCCNC2CC2)cc1. The molecule has 106 valence electrons. The van der Waals surface area contributed by atoms with E-state index in [1.54, 1.807) is 0 Å². The molecule has 0 atom stereocenters. The summed E-state index contributed by atoms with van der Waals surface area (Å²) in [4.78, 5) is 0. The quantitative estimate of drug-likeness (QED) is 0.631. The standard InChI is InChI=1S/C17H28N2/c1-2-12-18-14-16-8-6-15(7-9-16)5-3-4-13-19-17-10-11-17/h6-9,17-19H,2-5,10-14H2,1H3. The first kappa shape index (κ1) is 14.5. The van der Waals surface area contributed by atoms with Crippen LogP contribution < -0.4 is 10.6 Å². The van der Waals surface area contributed by atoms with Gasteiger partial charge in [0, 0.05) is 12.6 Å². The van der Waals surface area contributed by atoms with Gasteiger partial charge in [-0.1, -0.05) is 31.2 Å². The summed E-state index contributed by atoms with van der Waals surface area (Å²) in [5.74, 6) is 0. The molecule has 1 aliphatic rings. The molecular weight excluding hydrogens is 232 g/mol. The smallest absolute Gasteiger partial charge is 0.0205 e. The minimum atomic E-state index is 0.856. The lowest BCUT2D eigenvalue weighted by Crippen LogP contribution is -2.17. The number of nitrogens with one attached hydrogen (secondary N) is 2. The highest BCUT2D eigenvalue weighted by atomic mass is 14.9. The van der Waals surface area contributed by atoms with Crippen LogP contribution in [0.1, 0.15) is 50.2 Å². The Balaban J connectivity index is 1.57. The van der Waals surface area contributed by atoms with E-state index in [1.807, 2.05) is 0 Å². The van der Waals surface area contributed by atoms with Crippen LogP contribution in [0.3, 0.4) is 0 Å². The van der Waals surface area contributed by atoms with E-state index in [1.165, 1.54) is 56.2 Å². The third-order valence-electron chi connectivity index (χ3n) is 3.68. The second-order valence-corrected chi connectivity index (χ2v) is 5.68. The van der Waals surface area contributed by atoms with Crippen molar-refractivity contribution < 1.29 is 0 Å². The molecule has 0 heterocycles. The van der Waals surface area contributed by atoms with Crippen molar-refractivity contribution in [1.29, 1.82) is 0 Å². The van der Waals surface area contributed by atoms with E-state index >= 15 is 0 Å². The Bertz CT molecular complexity index is 341. The summed E-state index contributed by atoms with van der Waals surface area (Å²) < 4.78 is 0. The van der Waals surface area contributed by atoms with Crippen LogP contribution in [0.25, 0.3) is 0 Å². The number of hydrogen-bond donors (Lipinski definition) is 2.